The molecule has 0 fully saturated rings. The van der Waals surface area contributed by atoms with E-state index in [2.05, 4.69) is 26.8 Å². The number of ether oxygens (including phenoxy) is 1. The lowest BCUT2D eigenvalue weighted by molar-refractivity contribution is 0.00123. The molecule has 132 valence electrons. The summed E-state index contributed by atoms with van der Waals surface area (Å²) in [6.45, 7) is 2.53. The van der Waals surface area contributed by atoms with Gasteiger partial charge in [0.2, 0.25) is 0 Å². The predicted octanol–water partition coefficient (Wildman–Crippen LogP) is 1.24. The summed E-state index contributed by atoms with van der Waals surface area (Å²) in [6, 6.07) is 11.7. The zero-order chi connectivity index (χ0) is 17.9. The summed E-state index contributed by atoms with van der Waals surface area (Å²) in [5, 5.41) is 25.1. The number of benzene rings is 1. The first-order valence-corrected chi connectivity index (χ1v) is 8.46. The third-order valence-electron chi connectivity index (χ3n) is 4.49. The molecular weight excluding hydrogens is 330 g/mol. The van der Waals surface area contributed by atoms with E-state index in [9.17, 15) is 0 Å². The van der Waals surface area contributed by atoms with Gasteiger partial charge >= 0.3 is 0 Å². The van der Waals surface area contributed by atoms with Gasteiger partial charge < -0.3 is 10.1 Å². The molecule has 0 saturated carbocycles. The summed E-state index contributed by atoms with van der Waals surface area (Å²) in [7, 11) is 1.89. The van der Waals surface area contributed by atoms with Gasteiger partial charge in [0.15, 0.2) is 0 Å². The van der Waals surface area contributed by atoms with Gasteiger partial charge in [-0.2, -0.15) is 10.4 Å². The summed E-state index contributed by atoms with van der Waals surface area (Å²) >= 11 is 0. The minimum absolute atomic E-state index is 0.0303. The fourth-order valence-electron chi connectivity index (χ4n) is 3.12. The molecule has 4 rings (SSSR count). The molecule has 0 radical (unpaired) electrons. The zero-order valence-electron chi connectivity index (χ0n) is 14.5. The maximum absolute atomic E-state index is 8.96. The van der Waals surface area contributed by atoms with E-state index in [1.807, 2.05) is 36.0 Å². The molecule has 8 heteroatoms. The second-order valence-corrected chi connectivity index (χ2v) is 6.28. The Morgan fingerprint density at radius 2 is 2.31 bits per heavy atom. The van der Waals surface area contributed by atoms with E-state index in [1.54, 1.807) is 16.9 Å². The highest BCUT2D eigenvalue weighted by Gasteiger charge is 2.25. The maximum atomic E-state index is 8.96. The van der Waals surface area contributed by atoms with Crippen LogP contribution in [0.25, 0.3) is 11.4 Å². The summed E-state index contributed by atoms with van der Waals surface area (Å²) in [6.07, 6.45) is 1.78. The second kappa shape index (κ2) is 7.07. The minimum Gasteiger partial charge on any atom is -0.369 e. The van der Waals surface area contributed by atoms with E-state index in [1.165, 1.54) is 0 Å². The molecule has 3 heterocycles. The second-order valence-electron chi connectivity index (χ2n) is 6.28. The van der Waals surface area contributed by atoms with Crippen LogP contribution in [-0.4, -0.2) is 37.4 Å². The molecule has 0 spiro atoms. The topological polar surface area (TPSA) is 93.6 Å². The molecule has 1 N–H and O–H groups in total. The monoisotopic (exact) mass is 349 g/mol. The number of hydrogen-bond acceptors (Lipinski definition) is 6. The largest absolute Gasteiger partial charge is 0.369 e. The summed E-state index contributed by atoms with van der Waals surface area (Å²) in [4.78, 5) is 0. The Morgan fingerprint density at radius 1 is 1.38 bits per heavy atom. The van der Waals surface area contributed by atoms with Crippen molar-refractivity contribution >= 4 is 0 Å². The van der Waals surface area contributed by atoms with Crippen LogP contribution in [0.5, 0.6) is 0 Å². The molecular formula is C18H19N7O. The Labute approximate surface area is 151 Å². The molecule has 1 aromatic carbocycles. The Kier molecular flexibility index (Phi) is 4.48. The standard InChI is InChI=1S/C18H19N7O/c1-24-16(5-6-21-24)18-17-12-26-15(11-25(17)23-22-18)10-20-9-14-4-2-3-13(7-14)8-19/h2-7,15,20H,9-12H2,1H3/t15-/m0/s1. The van der Waals surface area contributed by atoms with E-state index in [4.69, 9.17) is 10.00 Å². The van der Waals surface area contributed by atoms with Gasteiger partial charge in [0, 0.05) is 26.3 Å². The van der Waals surface area contributed by atoms with E-state index >= 15 is 0 Å². The SMILES string of the molecule is Cn1nccc1-c1nnn2c1CO[C@@H](CNCc1cccc(C#N)c1)C2. The normalized spacial score (nSPS) is 16.2. The smallest absolute Gasteiger partial charge is 0.136 e. The molecule has 1 atom stereocenters. The van der Waals surface area contributed by atoms with Crippen LogP contribution in [0.15, 0.2) is 36.5 Å². The van der Waals surface area contributed by atoms with E-state index in [-0.39, 0.29) is 6.10 Å². The Hall–Kier alpha value is -3.02. The summed E-state index contributed by atoms with van der Waals surface area (Å²) in [5.74, 6) is 0. The highest BCUT2D eigenvalue weighted by atomic mass is 16.5. The lowest BCUT2D eigenvalue weighted by atomic mass is 10.1. The van der Waals surface area contributed by atoms with Crippen molar-refractivity contribution in [2.45, 2.75) is 25.8 Å². The molecule has 0 aliphatic carbocycles. The fourth-order valence-corrected chi connectivity index (χ4v) is 3.12. The minimum atomic E-state index is 0.0303. The van der Waals surface area contributed by atoms with Crippen molar-refractivity contribution < 1.29 is 4.74 Å². The van der Waals surface area contributed by atoms with Crippen LogP contribution in [0.1, 0.15) is 16.8 Å². The van der Waals surface area contributed by atoms with Gasteiger partial charge in [-0.15, -0.1) is 5.10 Å². The Bertz CT molecular complexity index is 953. The van der Waals surface area contributed by atoms with Gasteiger partial charge in [-0.05, 0) is 23.8 Å². The molecule has 0 amide bonds. The van der Waals surface area contributed by atoms with Crippen molar-refractivity contribution in [1.29, 1.82) is 5.26 Å². The van der Waals surface area contributed by atoms with Crippen LogP contribution in [0.2, 0.25) is 0 Å². The third-order valence-corrected chi connectivity index (χ3v) is 4.49. The van der Waals surface area contributed by atoms with Crippen LogP contribution in [-0.2, 0) is 31.5 Å². The lowest BCUT2D eigenvalue weighted by Crippen LogP contribution is -2.36. The van der Waals surface area contributed by atoms with Crippen LogP contribution in [0.3, 0.4) is 0 Å². The quantitative estimate of drug-likeness (QED) is 0.745. The first kappa shape index (κ1) is 16.4. The number of nitrogens with zero attached hydrogens (tertiary/aromatic N) is 6. The predicted molar refractivity (Wildman–Crippen MR) is 93.7 cm³/mol. The van der Waals surface area contributed by atoms with Gasteiger partial charge in [-0.3, -0.25) is 4.68 Å². The molecule has 8 nitrogen and oxygen atoms in total. The van der Waals surface area contributed by atoms with Crippen molar-refractivity contribution in [2.24, 2.45) is 7.05 Å². The average Bonchev–Trinajstić information content (AvgIpc) is 3.27. The van der Waals surface area contributed by atoms with Crippen LogP contribution in [0, 0.1) is 11.3 Å². The average molecular weight is 349 g/mol. The number of aryl methyl sites for hydroxylation is 1. The maximum Gasteiger partial charge on any atom is 0.136 e. The van der Waals surface area contributed by atoms with Crippen molar-refractivity contribution in [2.75, 3.05) is 6.54 Å². The van der Waals surface area contributed by atoms with Gasteiger partial charge in [0.25, 0.3) is 0 Å². The van der Waals surface area contributed by atoms with Crippen LogP contribution < -0.4 is 5.32 Å². The highest BCUT2D eigenvalue weighted by Crippen LogP contribution is 2.24. The molecule has 26 heavy (non-hydrogen) atoms. The summed E-state index contributed by atoms with van der Waals surface area (Å²) in [5.41, 5.74) is 4.49. The molecule has 1 aliphatic rings. The number of nitriles is 1. The molecule has 2 aromatic heterocycles. The first-order chi connectivity index (χ1) is 12.7. The van der Waals surface area contributed by atoms with E-state index in [0.717, 1.165) is 22.6 Å². The highest BCUT2D eigenvalue weighted by molar-refractivity contribution is 5.56. The van der Waals surface area contributed by atoms with Crippen molar-refractivity contribution in [1.82, 2.24) is 30.1 Å². The number of aromatic nitrogens is 5. The number of rotatable bonds is 5. The fraction of sp³-hybridized carbons (Fsp3) is 0.333. The van der Waals surface area contributed by atoms with E-state index in [0.29, 0.717) is 31.8 Å². The van der Waals surface area contributed by atoms with Crippen LogP contribution in [0.4, 0.5) is 0 Å². The lowest BCUT2D eigenvalue weighted by Gasteiger charge is -2.24. The number of nitrogens with one attached hydrogen (secondary N) is 1. The number of hydrogen-bond donors (Lipinski definition) is 1. The Balaban J connectivity index is 1.37. The van der Waals surface area contributed by atoms with Crippen molar-refractivity contribution in [3.8, 4) is 17.5 Å². The first-order valence-electron chi connectivity index (χ1n) is 8.46. The van der Waals surface area contributed by atoms with Gasteiger partial charge in [-0.1, -0.05) is 17.3 Å². The molecule has 3 aromatic rings. The third kappa shape index (κ3) is 3.22. The van der Waals surface area contributed by atoms with Crippen molar-refractivity contribution in [3.05, 3.63) is 53.3 Å². The molecule has 0 unspecified atom stereocenters. The molecule has 0 saturated heterocycles. The zero-order valence-corrected chi connectivity index (χ0v) is 14.5. The summed E-state index contributed by atoms with van der Waals surface area (Å²) < 4.78 is 9.68. The van der Waals surface area contributed by atoms with Gasteiger partial charge in [0.1, 0.15) is 5.69 Å². The number of fused-ring (bicyclic) bond motifs is 1. The van der Waals surface area contributed by atoms with Crippen molar-refractivity contribution in [3.63, 3.8) is 0 Å². The van der Waals surface area contributed by atoms with Crippen LogP contribution >= 0.6 is 0 Å². The van der Waals surface area contributed by atoms with Gasteiger partial charge in [-0.25, -0.2) is 4.68 Å². The van der Waals surface area contributed by atoms with Gasteiger partial charge in [0.05, 0.1) is 42.3 Å². The molecule has 1 aliphatic heterocycles. The van der Waals surface area contributed by atoms with E-state index < -0.39 is 0 Å². The Morgan fingerprint density at radius 3 is 3.12 bits per heavy atom. The molecule has 0 bridgehead atoms.